The number of carbonyl (C=O) groups is 1. The lowest BCUT2D eigenvalue weighted by Gasteiger charge is -2.30. The van der Waals surface area contributed by atoms with E-state index in [1.54, 1.807) is 36.7 Å². The summed E-state index contributed by atoms with van der Waals surface area (Å²) >= 11 is 0. The Hall–Kier alpha value is -2.41. The number of nitrogens with zero attached hydrogens (tertiary/aromatic N) is 3. The number of carbonyl (C=O) groups excluding carboxylic acids is 1. The van der Waals surface area contributed by atoms with Crippen LogP contribution in [-0.4, -0.2) is 43.1 Å². The van der Waals surface area contributed by atoms with Crippen LogP contribution in [0.1, 0.15) is 54.1 Å². The number of pyridine rings is 1. The highest BCUT2D eigenvalue weighted by Crippen LogP contribution is 2.32. The van der Waals surface area contributed by atoms with Crippen molar-refractivity contribution in [2.75, 3.05) is 23.1 Å². The average molecular weight is 400 g/mol. The summed E-state index contributed by atoms with van der Waals surface area (Å²) in [5.41, 5.74) is 2.35. The van der Waals surface area contributed by atoms with E-state index in [2.05, 4.69) is 4.98 Å². The molecule has 2 fully saturated rings. The van der Waals surface area contributed by atoms with E-state index in [0.29, 0.717) is 24.2 Å². The molecule has 1 aromatic carbocycles. The van der Waals surface area contributed by atoms with Gasteiger partial charge in [0.05, 0.1) is 17.5 Å². The molecule has 0 radical (unpaired) electrons. The van der Waals surface area contributed by atoms with E-state index >= 15 is 0 Å². The standard InChI is InChI=1S/C21H25N3O3S/c25-21(18-6-8-19(9-7-18)24-15-4-16-28(24,26)27)23-14-3-1-2-5-20(23)17-10-12-22-13-11-17/h6-13,20H,1-5,14-16H2. The predicted molar refractivity (Wildman–Crippen MR) is 109 cm³/mol. The summed E-state index contributed by atoms with van der Waals surface area (Å²) in [4.78, 5) is 19.3. The average Bonchev–Trinajstić information content (AvgIpc) is 2.92. The van der Waals surface area contributed by atoms with Crippen molar-refractivity contribution in [3.05, 3.63) is 59.9 Å². The van der Waals surface area contributed by atoms with Crippen LogP contribution in [0.2, 0.25) is 0 Å². The van der Waals surface area contributed by atoms with Crippen LogP contribution in [0.15, 0.2) is 48.8 Å². The fourth-order valence-electron chi connectivity index (χ4n) is 4.15. The zero-order chi connectivity index (χ0) is 19.6. The van der Waals surface area contributed by atoms with Gasteiger partial charge in [-0.15, -0.1) is 0 Å². The molecule has 28 heavy (non-hydrogen) atoms. The maximum Gasteiger partial charge on any atom is 0.254 e. The first-order valence-electron chi connectivity index (χ1n) is 9.88. The normalized spacial score (nSPS) is 22.1. The molecule has 0 aliphatic carbocycles. The van der Waals surface area contributed by atoms with Gasteiger partial charge in [0.2, 0.25) is 10.0 Å². The summed E-state index contributed by atoms with van der Waals surface area (Å²) in [6.45, 7) is 1.24. The third-order valence-electron chi connectivity index (χ3n) is 5.61. The number of aromatic nitrogens is 1. The fraction of sp³-hybridized carbons (Fsp3) is 0.429. The van der Waals surface area contributed by atoms with Crippen LogP contribution in [0.5, 0.6) is 0 Å². The Kier molecular flexibility index (Phi) is 5.35. The molecule has 1 aromatic heterocycles. The zero-order valence-corrected chi connectivity index (χ0v) is 16.6. The SMILES string of the molecule is O=C(c1ccc(N2CCCS2(=O)=O)cc1)N1CCCCCC1c1ccncc1. The van der Waals surface area contributed by atoms with Crippen LogP contribution in [0.25, 0.3) is 0 Å². The number of sulfonamides is 1. The van der Waals surface area contributed by atoms with Crippen molar-refractivity contribution >= 4 is 21.6 Å². The first kappa shape index (κ1) is 18.9. The molecule has 3 heterocycles. The number of hydrogen-bond acceptors (Lipinski definition) is 4. The Morgan fingerprint density at radius 2 is 1.68 bits per heavy atom. The van der Waals surface area contributed by atoms with Gasteiger partial charge < -0.3 is 4.90 Å². The second kappa shape index (κ2) is 7.91. The second-order valence-corrected chi connectivity index (χ2v) is 9.45. The van der Waals surface area contributed by atoms with Crippen LogP contribution in [-0.2, 0) is 10.0 Å². The molecule has 148 valence electrons. The van der Waals surface area contributed by atoms with Gasteiger partial charge in [-0.3, -0.25) is 14.1 Å². The highest BCUT2D eigenvalue weighted by atomic mass is 32.2. The molecule has 4 rings (SSSR count). The van der Waals surface area contributed by atoms with Gasteiger partial charge in [0, 0.05) is 31.0 Å². The predicted octanol–water partition coefficient (Wildman–Crippen LogP) is 3.38. The largest absolute Gasteiger partial charge is 0.332 e. The molecule has 2 aliphatic rings. The second-order valence-electron chi connectivity index (χ2n) is 7.43. The molecule has 1 amide bonds. The summed E-state index contributed by atoms with van der Waals surface area (Å²) < 4.78 is 25.7. The third-order valence-corrected chi connectivity index (χ3v) is 7.48. The first-order valence-corrected chi connectivity index (χ1v) is 11.5. The molecule has 7 heteroatoms. The molecule has 0 spiro atoms. The molecule has 2 aliphatic heterocycles. The van der Waals surface area contributed by atoms with Gasteiger partial charge >= 0.3 is 0 Å². The quantitative estimate of drug-likeness (QED) is 0.793. The summed E-state index contributed by atoms with van der Waals surface area (Å²) in [5, 5.41) is 0. The number of hydrogen-bond donors (Lipinski definition) is 0. The van der Waals surface area contributed by atoms with Crippen molar-refractivity contribution in [2.24, 2.45) is 0 Å². The number of anilines is 1. The molecule has 0 bridgehead atoms. The minimum Gasteiger partial charge on any atom is -0.332 e. The molecule has 6 nitrogen and oxygen atoms in total. The number of benzene rings is 1. The first-order chi connectivity index (χ1) is 13.6. The van der Waals surface area contributed by atoms with Crippen LogP contribution in [0.4, 0.5) is 5.69 Å². The molecule has 2 aromatic rings. The van der Waals surface area contributed by atoms with Crippen molar-refractivity contribution < 1.29 is 13.2 Å². The summed E-state index contributed by atoms with van der Waals surface area (Å²) in [6, 6.07) is 11.0. The minimum atomic E-state index is -3.21. The minimum absolute atomic E-state index is 0.000425. The van der Waals surface area contributed by atoms with Gasteiger partial charge in [0.15, 0.2) is 0 Å². The maximum atomic E-state index is 13.3. The van der Waals surface area contributed by atoms with Gasteiger partial charge in [-0.1, -0.05) is 12.8 Å². The maximum absolute atomic E-state index is 13.3. The van der Waals surface area contributed by atoms with Crippen molar-refractivity contribution in [3.8, 4) is 0 Å². The van der Waals surface area contributed by atoms with Crippen LogP contribution in [0, 0.1) is 0 Å². The Morgan fingerprint density at radius 1 is 0.929 bits per heavy atom. The number of rotatable bonds is 3. The van der Waals surface area contributed by atoms with Gasteiger partial charge in [0.1, 0.15) is 0 Å². The molecular weight excluding hydrogens is 374 g/mol. The molecule has 1 atom stereocenters. The third kappa shape index (κ3) is 3.76. The van der Waals surface area contributed by atoms with E-state index < -0.39 is 10.0 Å². The molecule has 0 saturated carbocycles. The molecule has 1 unspecified atom stereocenters. The van der Waals surface area contributed by atoms with Crippen molar-refractivity contribution in [1.29, 1.82) is 0 Å². The highest BCUT2D eigenvalue weighted by molar-refractivity contribution is 7.93. The van der Waals surface area contributed by atoms with E-state index in [1.807, 2.05) is 17.0 Å². The lowest BCUT2D eigenvalue weighted by Crippen LogP contribution is -2.35. The van der Waals surface area contributed by atoms with Gasteiger partial charge in [0.25, 0.3) is 5.91 Å². The lowest BCUT2D eigenvalue weighted by atomic mass is 10.0. The van der Waals surface area contributed by atoms with Crippen LogP contribution < -0.4 is 4.31 Å². The number of amides is 1. The Labute approximate surface area is 166 Å². The summed E-state index contributed by atoms with van der Waals surface area (Å²) in [7, 11) is -3.21. The van der Waals surface area contributed by atoms with E-state index in [9.17, 15) is 13.2 Å². The van der Waals surface area contributed by atoms with Gasteiger partial charge in [-0.25, -0.2) is 8.42 Å². The monoisotopic (exact) mass is 399 g/mol. The molecule has 0 N–H and O–H groups in total. The Balaban J connectivity index is 1.58. The summed E-state index contributed by atoms with van der Waals surface area (Å²) in [5.74, 6) is 0.189. The van der Waals surface area contributed by atoms with E-state index in [4.69, 9.17) is 0 Å². The van der Waals surface area contributed by atoms with E-state index in [1.165, 1.54) is 4.31 Å². The van der Waals surface area contributed by atoms with Crippen LogP contribution >= 0.6 is 0 Å². The van der Waals surface area contributed by atoms with Gasteiger partial charge in [-0.2, -0.15) is 0 Å². The molecular formula is C21H25N3O3S. The van der Waals surface area contributed by atoms with Crippen LogP contribution in [0.3, 0.4) is 0 Å². The molecule has 2 saturated heterocycles. The van der Waals surface area contributed by atoms with Gasteiger partial charge in [-0.05, 0) is 61.2 Å². The highest BCUT2D eigenvalue weighted by Gasteiger charge is 2.30. The smallest absolute Gasteiger partial charge is 0.254 e. The van der Waals surface area contributed by atoms with Crippen molar-refractivity contribution in [1.82, 2.24) is 9.88 Å². The number of likely N-dealkylation sites (tertiary alicyclic amines) is 1. The fourth-order valence-corrected chi connectivity index (χ4v) is 5.71. The zero-order valence-electron chi connectivity index (χ0n) is 15.8. The lowest BCUT2D eigenvalue weighted by molar-refractivity contribution is 0.0681. The Morgan fingerprint density at radius 3 is 2.36 bits per heavy atom. The topological polar surface area (TPSA) is 70.6 Å². The summed E-state index contributed by atoms with van der Waals surface area (Å²) in [6.07, 6.45) is 8.35. The Bertz CT molecular complexity index is 929. The van der Waals surface area contributed by atoms with E-state index in [0.717, 1.165) is 37.8 Å². The van der Waals surface area contributed by atoms with E-state index in [-0.39, 0.29) is 17.7 Å². The van der Waals surface area contributed by atoms with Crippen molar-refractivity contribution in [3.63, 3.8) is 0 Å². The van der Waals surface area contributed by atoms with Crippen molar-refractivity contribution in [2.45, 2.75) is 38.1 Å².